The van der Waals surface area contributed by atoms with E-state index in [-0.39, 0.29) is 28.2 Å². The first-order chi connectivity index (χ1) is 28.7. The molecule has 1 heterocycles. The number of allylic oxidation sites excluding steroid dienone is 4. The molecule has 1 aliphatic heterocycles. The van der Waals surface area contributed by atoms with E-state index in [0.717, 1.165) is 73.7 Å². The fourth-order valence-corrected chi connectivity index (χ4v) is 7.09. The molecule has 2 aliphatic rings. The van der Waals surface area contributed by atoms with Crippen molar-refractivity contribution in [2.24, 2.45) is 17.1 Å². The second-order valence-corrected chi connectivity index (χ2v) is 17.0. The highest BCUT2D eigenvalue weighted by molar-refractivity contribution is 7.80. The van der Waals surface area contributed by atoms with Gasteiger partial charge in [0.05, 0.1) is 36.1 Å². The average Bonchev–Trinajstić information content (AvgIpc) is 3.65. The van der Waals surface area contributed by atoms with E-state index in [0.29, 0.717) is 44.3 Å². The molecule has 2 aromatic rings. The summed E-state index contributed by atoms with van der Waals surface area (Å²) >= 11 is 5.64. The molecule has 4 N–H and O–H groups in total. The highest BCUT2D eigenvalue weighted by atomic mass is 32.1. The molecule has 0 bridgehead atoms. The molecule has 1 aliphatic carbocycles. The summed E-state index contributed by atoms with van der Waals surface area (Å²) < 4.78 is 57.0. The number of unbranched alkanes of at least 4 members (excludes halogenated alkanes) is 1. The molecular weight excluding hydrogens is 802 g/mol. The van der Waals surface area contributed by atoms with E-state index in [1.54, 1.807) is 31.9 Å². The number of nitriles is 1. The van der Waals surface area contributed by atoms with Crippen molar-refractivity contribution in [3.05, 3.63) is 89.3 Å². The molecule has 10 nitrogen and oxygen atoms in total. The van der Waals surface area contributed by atoms with Gasteiger partial charge in [-0.2, -0.15) is 18.4 Å². The molecule has 1 fully saturated rings. The van der Waals surface area contributed by atoms with Crippen LogP contribution in [0.15, 0.2) is 72.6 Å². The van der Waals surface area contributed by atoms with Gasteiger partial charge in [0.1, 0.15) is 11.8 Å². The van der Waals surface area contributed by atoms with Gasteiger partial charge < -0.3 is 40.4 Å². The van der Waals surface area contributed by atoms with Crippen molar-refractivity contribution >= 4 is 34.5 Å². The number of methoxy groups -OCH3 is 1. The zero-order valence-electron chi connectivity index (χ0n) is 37.9. The molecule has 0 aromatic heterocycles. The molecule has 2 aromatic carbocycles. The number of nitrogens with one attached hydrogen (secondary N) is 2. The SMILES string of the molecule is C=C(COCCCCOc1ccc(C2=CC=C(N(C(=S)Nc3ccc(C#N)c(C(F)(F)F)c3)C(C)(C)N)CC2)cc1)NC(C(=O)N1CCC(C)C1)C(C)(C)C.CC.CCOC. The summed E-state index contributed by atoms with van der Waals surface area (Å²) in [5, 5.41) is 15.5. The number of anilines is 1. The minimum Gasteiger partial charge on any atom is -0.494 e. The Balaban J connectivity index is 0.00000201. The predicted octanol–water partition coefficient (Wildman–Crippen LogP) is 10.3. The predicted molar refractivity (Wildman–Crippen MR) is 245 cm³/mol. The molecule has 2 atom stereocenters. The molecule has 1 amide bonds. The minimum absolute atomic E-state index is 0.107. The van der Waals surface area contributed by atoms with E-state index in [1.165, 1.54) is 6.07 Å². The van der Waals surface area contributed by atoms with E-state index in [2.05, 4.69) is 49.6 Å². The number of hydrogen-bond acceptors (Lipinski definition) is 8. The Bertz CT molecular complexity index is 1830. The van der Waals surface area contributed by atoms with Gasteiger partial charge in [-0.25, -0.2) is 0 Å². The van der Waals surface area contributed by atoms with Crippen molar-refractivity contribution in [2.45, 2.75) is 112 Å². The fraction of sp³-hybridized carbons (Fsp3) is 0.553. The summed E-state index contributed by atoms with van der Waals surface area (Å²) in [5.41, 5.74) is 7.56. The number of rotatable bonds is 16. The quantitative estimate of drug-likeness (QED) is 0.0853. The molecule has 61 heavy (non-hydrogen) atoms. The number of ether oxygens (including phenoxy) is 3. The average molecular weight is 871 g/mol. The minimum atomic E-state index is -4.69. The zero-order chi connectivity index (χ0) is 46.0. The van der Waals surface area contributed by atoms with Gasteiger partial charge >= 0.3 is 6.18 Å². The maximum absolute atomic E-state index is 13.5. The summed E-state index contributed by atoms with van der Waals surface area (Å²) in [4.78, 5) is 16.9. The van der Waals surface area contributed by atoms with Crippen LogP contribution in [0.5, 0.6) is 5.75 Å². The van der Waals surface area contributed by atoms with Crippen molar-refractivity contribution in [1.82, 2.24) is 15.1 Å². The second-order valence-electron chi connectivity index (χ2n) is 16.6. The number of nitrogens with two attached hydrogens (primary N) is 1. The van der Waals surface area contributed by atoms with Crippen LogP contribution in [0.2, 0.25) is 0 Å². The molecule has 4 rings (SSSR count). The third kappa shape index (κ3) is 17.1. The third-order valence-corrected chi connectivity index (χ3v) is 10.1. The van der Waals surface area contributed by atoms with Crippen LogP contribution in [-0.4, -0.2) is 79.2 Å². The van der Waals surface area contributed by atoms with Crippen molar-refractivity contribution in [1.29, 1.82) is 5.26 Å². The Hall–Kier alpha value is -4.42. The van der Waals surface area contributed by atoms with Crippen molar-refractivity contribution in [3.63, 3.8) is 0 Å². The van der Waals surface area contributed by atoms with E-state index in [9.17, 15) is 18.0 Å². The van der Waals surface area contributed by atoms with Crippen LogP contribution < -0.4 is 21.1 Å². The molecule has 1 saturated heterocycles. The number of thiocarbonyl (C=S) groups is 1. The smallest absolute Gasteiger partial charge is 0.417 e. The lowest BCUT2D eigenvalue weighted by molar-refractivity contribution is -0.138. The highest BCUT2D eigenvalue weighted by Crippen LogP contribution is 2.35. The summed E-state index contributed by atoms with van der Waals surface area (Å²) in [5.74, 6) is 1.42. The number of halogens is 3. The van der Waals surface area contributed by atoms with Gasteiger partial charge in [-0.3, -0.25) is 4.79 Å². The van der Waals surface area contributed by atoms with Gasteiger partial charge in [0.15, 0.2) is 5.11 Å². The number of alkyl halides is 3. The number of likely N-dealkylation sites (tertiary alicyclic amines) is 1. The van der Waals surface area contributed by atoms with E-state index < -0.39 is 23.0 Å². The Morgan fingerprint density at radius 3 is 2.21 bits per heavy atom. The topological polar surface area (TPSA) is 125 Å². The summed E-state index contributed by atoms with van der Waals surface area (Å²) in [7, 11) is 1.68. The lowest BCUT2D eigenvalue weighted by Crippen LogP contribution is -2.54. The lowest BCUT2D eigenvalue weighted by atomic mass is 9.85. The van der Waals surface area contributed by atoms with Crippen molar-refractivity contribution in [3.8, 4) is 11.8 Å². The third-order valence-electron chi connectivity index (χ3n) is 9.83. The monoisotopic (exact) mass is 871 g/mol. The molecule has 0 saturated carbocycles. The maximum atomic E-state index is 13.5. The lowest BCUT2D eigenvalue weighted by Gasteiger charge is -2.40. The highest BCUT2D eigenvalue weighted by Gasteiger charge is 2.37. The largest absolute Gasteiger partial charge is 0.494 e. The molecule has 2 unspecified atom stereocenters. The number of amides is 1. The number of carbonyl (C=O) groups excluding carboxylic acids is 1. The first-order valence-electron chi connectivity index (χ1n) is 21.1. The van der Waals surface area contributed by atoms with Gasteiger partial charge in [-0.1, -0.05) is 66.3 Å². The van der Waals surface area contributed by atoms with Crippen LogP contribution >= 0.6 is 12.2 Å². The van der Waals surface area contributed by atoms with E-state index in [4.69, 9.17) is 32.7 Å². The van der Waals surface area contributed by atoms with Crippen LogP contribution in [0, 0.1) is 22.7 Å². The van der Waals surface area contributed by atoms with Crippen molar-refractivity contribution in [2.75, 3.05) is 51.9 Å². The first-order valence-corrected chi connectivity index (χ1v) is 21.5. The number of benzene rings is 2. The number of nitrogens with zero attached hydrogens (tertiary/aromatic N) is 3. The summed E-state index contributed by atoms with van der Waals surface area (Å²) in [6, 6.07) is 12.5. The Morgan fingerprint density at radius 1 is 1.07 bits per heavy atom. The van der Waals surface area contributed by atoms with Gasteiger partial charge in [0, 0.05) is 50.5 Å². The first kappa shape index (κ1) is 52.7. The summed E-state index contributed by atoms with van der Waals surface area (Å²) in [6.45, 7) is 25.8. The molecule has 0 radical (unpaired) electrons. The van der Waals surface area contributed by atoms with Crippen LogP contribution in [0.3, 0.4) is 0 Å². The van der Waals surface area contributed by atoms with Crippen LogP contribution in [-0.2, 0) is 20.4 Å². The Kier molecular flexibility index (Phi) is 21.5. The number of hydrogen-bond donors (Lipinski definition) is 3. The molecule has 338 valence electrons. The Morgan fingerprint density at radius 2 is 1.70 bits per heavy atom. The van der Waals surface area contributed by atoms with E-state index in [1.807, 2.05) is 62.1 Å². The molecular formula is C47H69F3N6O4S. The van der Waals surface area contributed by atoms with Gasteiger partial charge in [-0.05, 0) is 124 Å². The van der Waals surface area contributed by atoms with Gasteiger partial charge in [0.25, 0.3) is 0 Å². The normalized spacial score (nSPS) is 15.7. The summed E-state index contributed by atoms with van der Waals surface area (Å²) in [6.07, 6.45) is 3.21. The van der Waals surface area contributed by atoms with Crippen molar-refractivity contribution < 1.29 is 32.2 Å². The molecule has 0 spiro atoms. The maximum Gasteiger partial charge on any atom is 0.417 e. The van der Waals surface area contributed by atoms with E-state index >= 15 is 0 Å². The zero-order valence-corrected chi connectivity index (χ0v) is 38.7. The Labute approximate surface area is 368 Å². The van der Waals surface area contributed by atoms with Gasteiger partial charge in [0.2, 0.25) is 5.91 Å². The molecule has 14 heteroatoms. The number of carbonyl (C=O) groups is 1. The standard InChI is InChI=1S/C42H55F3N6O3S.C3H8O.C2H6/c1-28-20-21-50(26-28)38(52)37(40(3,4)5)48-29(2)27-53-22-8-9-23-54-35-18-13-31(14-19-35)30-11-16-34(17-12-30)51(41(6,7)47)39(55)49-33-15-10-32(25-46)36(24-33)42(43,44)45;1-3-4-2;1-2/h10-11,13-16,18-19,24,28,37,48H,2,8-9,12,17,20-23,26-27,47H2,1,3-7H3,(H,49,55);3H2,1-2H3;1-2H3. The van der Waals surface area contributed by atoms with Gasteiger partial charge in [-0.15, -0.1) is 0 Å². The van der Waals surface area contributed by atoms with Crippen LogP contribution in [0.1, 0.15) is 111 Å². The second kappa shape index (κ2) is 24.9. The van der Waals surface area contributed by atoms with Crippen LogP contribution in [0.25, 0.3) is 5.57 Å². The fourth-order valence-electron chi connectivity index (χ4n) is 6.62. The van der Waals surface area contributed by atoms with Crippen LogP contribution in [0.4, 0.5) is 18.9 Å².